The molecule has 7 heteroatoms. The molecule has 0 radical (unpaired) electrons. The van der Waals surface area contributed by atoms with Gasteiger partial charge in [-0.25, -0.2) is 0 Å². The fourth-order valence-corrected chi connectivity index (χ4v) is 2.38. The van der Waals surface area contributed by atoms with Crippen molar-refractivity contribution in [1.82, 2.24) is 0 Å². The number of aryl methyl sites for hydroxylation is 1. The van der Waals surface area contributed by atoms with Gasteiger partial charge in [0, 0.05) is 19.3 Å². The van der Waals surface area contributed by atoms with Crippen LogP contribution >= 0.6 is 12.2 Å². The van der Waals surface area contributed by atoms with E-state index in [-0.39, 0.29) is 5.24 Å². The number of hydrogen-bond donors (Lipinski definition) is 2. The Kier molecular flexibility index (Phi) is 5.71. The first kappa shape index (κ1) is 17.1. The Morgan fingerprint density at radius 1 is 1.18 bits per heavy atom. The van der Waals surface area contributed by atoms with Gasteiger partial charge in [0.1, 0.15) is 18.0 Å². The summed E-state index contributed by atoms with van der Waals surface area (Å²) in [5, 5.41) is 20.0. The van der Waals surface area contributed by atoms with Crippen LogP contribution in [0, 0.1) is 6.92 Å². The van der Waals surface area contributed by atoms with E-state index in [2.05, 4.69) is 0 Å². The molecule has 1 aliphatic rings. The number of thiocarbonyl (C=S) groups is 1. The average Bonchev–Trinajstić information content (AvgIpc) is 2.49. The average molecular weight is 328 g/mol. The third kappa shape index (κ3) is 3.93. The largest absolute Gasteiger partial charge is 0.447 e. The number of ether oxygens (including phenoxy) is 4. The van der Waals surface area contributed by atoms with Crippen molar-refractivity contribution in [2.24, 2.45) is 0 Å². The first-order valence-electron chi connectivity index (χ1n) is 6.92. The molecule has 6 nitrogen and oxygen atoms in total. The zero-order valence-electron chi connectivity index (χ0n) is 12.6. The highest BCUT2D eigenvalue weighted by molar-refractivity contribution is 7.79. The lowest BCUT2D eigenvalue weighted by atomic mass is 10.00. The van der Waals surface area contributed by atoms with Crippen molar-refractivity contribution in [3.05, 3.63) is 29.8 Å². The molecule has 0 amide bonds. The van der Waals surface area contributed by atoms with E-state index in [1.54, 1.807) is 19.1 Å². The summed E-state index contributed by atoms with van der Waals surface area (Å²) in [5.41, 5.74) is 1.09. The molecule has 1 aliphatic heterocycles. The van der Waals surface area contributed by atoms with Crippen molar-refractivity contribution in [2.45, 2.75) is 44.6 Å². The van der Waals surface area contributed by atoms with Crippen molar-refractivity contribution >= 4 is 17.5 Å². The zero-order valence-corrected chi connectivity index (χ0v) is 13.4. The molecule has 1 aromatic rings. The molecule has 0 aliphatic carbocycles. The molecule has 122 valence electrons. The van der Waals surface area contributed by atoms with E-state index in [0.29, 0.717) is 5.75 Å². The van der Waals surface area contributed by atoms with Gasteiger partial charge in [-0.3, -0.25) is 0 Å². The second-order valence-electron chi connectivity index (χ2n) is 5.17. The van der Waals surface area contributed by atoms with E-state index >= 15 is 0 Å². The minimum absolute atomic E-state index is 0.184. The summed E-state index contributed by atoms with van der Waals surface area (Å²) in [6, 6.07) is 7.25. The van der Waals surface area contributed by atoms with Crippen LogP contribution in [-0.4, -0.2) is 53.3 Å². The molecule has 1 fully saturated rings. The maximum Gasteiger partial charge on any atom is 0.358 e. The lowest BCUT2D eigenvalue weighted by Gasteiger charge is -2.40. The number of hydrogen-bond acceptors (Lipinski definition) is 7. The molecule has 2 N–H and O–H groups in total. The first-order valence-corrected chi connectivity index (χ1v) is 7.32. The maximum atomic E-state index is 10.1. The molecule has 2 rings (SSSR count). The number of aliphatic hydroxyl groups excluding tert-OH is 2. The van der Waals surface area contributed by atoms with Crippen molar-refractivity contribution < 1.29 is 29.2 Å². The minimum Gasteiger partial charge on any atom is -0.447 e. The number of aliphatic hydroxyl groups is 2. The van der Waals surface area contributed by atoms with Crippen LogP contribution in [0.15, 0.2) is 24.3 Å². The summed E-state index contributed by atoms with van der Waals surface area (Å²) >= 11 is 5.02. The van der Waals surface area contributed by atoms with Crippen LogP contribution in [0.4, 0.5) is 0 Å². The van der Waals surface area contributed by atoms with E-state index in [1.165, 1.54) is 7.11 Å². The first-order chi connectivity index (χ1) is 10.4. The van der Waals surface area contributed by atoms with Crippen LogP contribution in [0.5, 0.6) is 5.75 Å². The Balaban J connectivity index is 2.00. The Morgan fingerprint density at radius 2 is 1.82 bits per heavy atom. The molecule has 0 aromatic heterocycles. The predicted molar refractivity (Wildman–Crippen MR) is 82.6 cm³/mol. The minimum atomic E-state index is -1.18. The van der Waals surface area contributed by atoms with E-state index in [4.69, 9.17) is 31.2 Å². The van der Waals surface area contributed by atoms with E-state index in [9.17, 15) is 10.2 Å². The lowest BCUT2D eigenvalue weighted by molar-refractivity contribution is -0.284. The van der Waals surface area contributed by atoms with Crippen LogP contribution in [0.1, 0.15) is 12.5 Å². The van der Waals surface area contributed by atoms with Gasteiger partial charge >= 0.3 is 5.24 Å². The number of methoxy groups -OCH3 is 1. The molecule has 0 bridgehead atoms. The highest BCUT2D eigenvalue weighted by Gasteiger charge is 2.45. The summed E-state index contributed by atoms with van der Waals surface area (Å²) in [7, 11) is 1.40. The summed E-state index contributed by atoms with van der Waals surface area (Å²) in [6.45, 7) is 3.61. The van der Waals surface area contributed by atoms with Crippen molar-refractivity contribution in [3.63, 3.8) is 0 Å². The number of benzene rings is 1. The van der Waals surface area contributed by atoms with Gasteiger partial charge in [0.05, 0.1) is 6.10 Å². The molecule has 0 spiro atoms. The van der Waals surface area contributed by atoms with E-state index in [1.807, 2.05) is 19.1 Å². The highest BCUT2D eigenvalue weighted by Crippen LogP contribution is 2.24. The van der Waals surface area contributed by atoms with E-state index in [0.717, 1.165) is 5.56 Å². The van der Waals surface area contributed by atoms with Gasteiger partial charge in [-0.05, 0) is 26.0 Å². The molecule has 1 saturated heterocycles. The van der Waals surface area contributed by atoms with Gasteiger partial charge in [-0.2, -0.15) is 0 Å². The third-order valence-electron chi connectivity index (χ3n) is 3.47. The second kappa shape index (κ2) is 7.34. The molecule has 0 unspecified atom stereocenters. The monoisotopic (exact) mass is 328 g/mol. The fraction of sp³-hybridized carbons (Fsp3) is 0.533. The zero-order chi connectivity index (χ0) is 16.3. The summed E-state index contributed by atoms with van der Waals surface area (Å²) in [4.78, 5) is 0. The predicted octanol–water partition coefficient (Wildman–Crippen LogP) is 1.16. The fourth-order valence-electron chi connectivity index (χ4n) is 2.17. The molecule has 5 atom stereocenters. The van der Waals surface area contributed by atoms with Crippen LogP contribution in [0.3, 0.4) is 0 Å². The Morgan fingerprint density at radius 3 is 2.41 bits per heavy atom. The van der Waals surface area contributed by atoms with Gasteiger partial charge in [-0.1, -0.05) is 17.7 Å². The van der Waals surface area contributed by atoms with Gasteiger partial charge in [0.25, 0.3) is 0 Å². The number of rotatable bonds is 3. The molecule has 1 aromatic carbocycles. The summed E-state index contributed by atoms with van der Waals surface area (Å²) in [5.74, 6) is 0.517. The van der Waals surface area contributed by atoms with Crippen LogP contribution in [0.25, 0.3) is 0 Å². The second-order valence-corrected chi connectivity index (χ2v) is 5.51. The van der Waals surface area contributed by atoms with Gasteiger partial charge < -0.3 is 29.2 Å². The quantitative estimate of drug-likeness (QED) is 0.806. The van der Waals surface area contributed by atoms with Crippen LogP contribution in [0.2, 0.25) is 0 Å². The molecule has 22 heavy (non-hydrogen) atoms. The highest BCUT2D eigenvalue weighted by atomic mass is 32.1. The van der Waals surface area contributed by atoms with Gasteiger partial charge in [0.2, 0.25) is 0 Å². The van der Waals surface area contributed by atoms with Crippen molar-refractivity contribution in [2.75, 3.05) is 7.11 Å². The van der Waals surface area contributed by atoms with Crippen LogP contribution in [-0.2, 0) is 14.2 Å². The van der Waals surface area contributed by atoms with Crippen molar-refractivity contribution in [3.8, 4) is 5.75 Å². The third-order valence-corrected chi connectivity index (χ3v) is 3.65. The Hall–Kier alpha value is -1.25. The van der Waals surface area contributed by atoms with Gasteiger partial charge in [-0.15, -0.1) is 0 Å². The summed E-state index contributed by atoms with van der Waals surface area (Å²) < 4.78 is 21.1. The molecule has 1 heterocycles. The van der Waals surface area contributed by atoms with Gasteiger partial charge in [0.15, 0.2) is 12.4 Å². The van der Waals surface area contributed by atoms with E-state index < -0.39 is 30.7 Å². The normalized spacial score (nSPS) is 31.6. The Bertz CT molecular complexity index is 505. The topological polar surface area (TPSA) is 77.4 Å². The van der Waals surface area contributed by atoms with Crippen molar-refractivity contribution in [1.29, 1.82) is 0 Å². The lowest BCUT2D eigenvalue weighted by Crippen LogP contribution is -2.58. The maximum absolute atomic E-state index is 10.1. The summed E-state index contributed by atoms with van der Waals surface area (Å²) in [6.07, 6.45) is -4.70. The van der Waals surface area contributed by atoms with Crippen LogP contribution < -0.4 is 4.74 Å². The Labute approximate surface area is 134 Å². The molecule has 0 saturated carbocycles. The smallest absolute Gasteiger partial charge is 0.358 e. The standard InChI is InChI=1S/C15H20O6S/c1-8-4-6-10(7-5-8)20-15(22)21-13-11(16)9(2)19-14(18-3)12(13)17/h4-7,9,11-14,16-17H,1-3H3/t9-,11+,12-,13+,14-/m0/s1. The molecular formula is C15H20O6S. The molecular weight excluding hydrogens is 308 g/mol. The SMILES string of the molecule is CO[C@H]1O[C@@H](C)[C@@H](O)[C@@H](OC(=S)Oc2ccc(C)cc2)[C@@H]1O.